The summed E-state index contributed by atoms with van der Waals surface area (Å²) in [4.78, 5) is 6.47. The summed E-state index contributed by atoms with van der Waals surface area (Å²) in [5.74, 6) is 0.364. The molecule has 2 aliphatic carbocycles. The van der Waals surface area contributed by atoms with Crippen LogP contribution in [0.3, 0.4) is 0 Å². The summed E-state index contributed by atoms with van der Waals surface area (Å²) in [7, 11) is 0. The van der Waals surface area contributed by atoms with Crippen molar-refractivity contribution in [1.82, 2.24) is 10.3 Å². The monoisotopic (exact) mass is 291 g/mol. The van der Waals surface area contributed by atoms with Gasteiger partial charge in [0.15, 0.2) is 11.6 Å². The van der Waals surface area contributed by atoms with Gasteiger partial charge in [-0.3, -0.25) is 0 Å². The van der Waals surface area contributed by atoms with Gasteiger partial charge in [-0.1, -0.05) is 0 Å². The Hall–Kier alpha value is -1.20. The van der Waals surface area contributed by atoms with Crippen LogP contribution in [0.15, 0.2) is 12.3 Å². The van der Waals surface area contributed by atoms with Crippen molar-refractivity contribution in [3.8, 4) is 0 Å². The molecular weight excluding hydrogens is 269 g/mol. The largest absolute Gasteiger partial charge is 0.374 e. The first kappa shape index (κ1) is 13.5. The van der Waals surface area contributed by atoms with E-state index in [1.807, 2.05) is 0 Å². The standard InChI is InChI=1S/C16H22FN3O/c17-15-11(10-19-12-4-5-12)6-7-18-16(15)20-8-9-21-14-3-1-2-13(14)20/h6-7,12-14,19H,1-5,8-10H2. The molecule has 4 nitrogen and oxygen atoms in total. The topological polar surface area (TPSA) is 37.4 Å². The Morgan fingerprint density at radius 3 is 3.10 bits per heavy atom. The second-order valence-corrected chi connectivity index (χ2v) is 6.36. The van der Waals surface area contributed by atoms with Crippen molar-refractivity contribution in [3.05, 3.63) is 23.6 Å². The zero-order valence-corrected chi connectivity index (χ0v) is 12.2. The van der Waals surface area contributed by atoms with Gasteiger partial charge >= 0.3 is 0 Å². The van der Waals surface area contributed by atoms with Crippen LogP contribution in [0.25, 0.3) is 0 Å². The molecule has 2 unspecified atom stereocenters. The first-order chi connectivity index (χ1) is 10.3. The third kappa shape index (κ3) is 2.64. The van der Waals surface area contributed by atoms with Crippen LogP contribution in [0.2, 0.25) is 0 Å². The molecule has 1 aromatic heterocycles. The second kappa shape index (κ2) is 5.54. The first-order valence-corrected chi connectivity index (χ1v) is 8.08. The smallest absolute Gasteiger partial charge is 0.170 e. The number of anilines is 1. The van der Waals surface area contributed by atoms with E-state index >= 15 is 0 Å². The molecule has 0 aromatic carbocycles. The predicted octanol–water partition coefficient (Wildman–Crippen LogP) is 2.23. The Bertz CT molecular complexity index is 520. The van der Waals surface area contributed by atoms with E-state index in [9.17, 15) is 4.39 Å². The number of aromatic nitrogens is 1. The lowest BCUT2D eigenvalue weighted by Gasteiger charge is -2.38. The molecule has 114 valence electrons. The first-order valence-electron chi connectivity index (χ1n) is 8.08. The molecule has 21 heavy (non-hydrogen) atoms. The van der Waals surface area contributed by atoms with Crippen LogP contribution in [-0.4, -0.2) is 36.3 Å². The Morgan fingerprint density at radius 1 is 1.33 bits per heavy atom. The molecule has 0 spiro atoms. The highest BCUT2D eigenvalue weighted by molar-refractivity contribution is 5.45. The van der Waals surface area contributed by atoms with Gasteiger partial charge in [0.1, 0.15) is 0 Å². The van der Waals surface area contributed by atoms with Gasteiger partial charge in [-0.15, -0.1) is 0 Å². The van der Waals surface area contributed by atoms with Gasteiger partial charge in [-0.2, -0.15) is 0 Å². The molecule has 1 saturated heterocycles. The van der Waals surface area contributed by atoms with Crippen molar-refractivity contribution in [2.75, 3.05) is 18.1 Å². The number of nitrogens with zero attached hydrogens (tertiary/aromatic N) is 2. The molecule has 1 aliphatic heterocycles. The van der Waals surface area contributed by atoms with E-state index in [4.69, 9.17) is 4.74 Å². The van der Waals surface area contributed by atoms with E-state index in [2.05, 4.69) is 15.2 Å². The number of pyridine rings is 1. The average Bonchev–Trinajstić information content (AvgIpc) is 3.20. The van der Waals surface area contributed by atoms with Crippen LogP contribution in [0, 0.1) is 5.82 Å². The van der Waals surface area contributed by atoms with Crippen LogP contribution in [0.1, 0.15) is 37.7 Å². The summed E-state index contributed by atoms with van der Waals surface area (Å²) in [6, 6.07) is 2.68. The van der Waals surface area contributed by atoms with Crippen molar-refractivity contribution in [2.24, 2.45) is 0 Å². The number of ether oxygens (including phenoxy) is 1. The third-order valence-electron chi connectivity index (χ3n) is 4.86. The minimum absolute atomic E-state index is 0.154. The van der Waals surface area contributed by atoms with Crippen molar-refractivity contribution < 1.29 is 9.13 Å². The number of hydrogen-bond acceptors (Lipinski definition) is 4. The Labute approximate surface area is 124 Å². The number of rotatable bonds is 4. The Morgan fingerprint density at radius 2 is 2.24 bits per heavy atom. The van der Waals surface area contributed by atoms with Crippen LogP contribution < -0.4 is 10.2 Å². The SMILES string of the molecule is Fc1c(CNC2CC2)ccnc1N1CCOC2CCCC21. The summed E-state index contributed by atoms with van der Waals surface area (Å²) in [5, 5.41) is 3.38. The minimum atomic E-state index is -0.154. The van der Waals surface area contributed by atoms with Crippen LogP contribution in [0.5, 0.6) is 0 Å². The number of morpholine rings is 1. The summed E-state index contributed by atoms with van der Waals surface area (Å²) < 4.78 is 20.6. The highest BCUT2D eigenvalue weighted by atomic mass is 19.1. The highest BCUT2D eigenvalue weighted by Crippen LogP contribution is 2.34. The Balaban J connectivity index is 1.56. The molecule has 4 rings (SSSR count). The van der Waals surface area contributed by atoms with Gasteiger partial charge in [0, 0.05) is 30.9 Å². The normalized spacial score (nSPS) is 28.7. The lowest BCUT2D eigenvalue weighted by atomic mass is 10.1. The number of nitrogens with one attached hydrogen (secondary N) is 1. The third-order valence-corrected chi connectivity index (χ3v) is 4.86. The summed E-state index contributed by atoms with van der Waals surface area (Å²) in [5.41, 5.74) is 0.730. The van der Waals surface area contributed by atoms with Crippen LogP contribution in [0.4, 0.5) is 10.2 Å². The molecule has 1 N–H and O–H groups in total. The molecule has 2 saturated carbocycles. The van der Waals surface area contributed by atoms with Gasteiger partial charge in [0.05, 0.1) is 18.8 Å². The zero-order chi connectivity index (χ0) is 14.2. The number of halogens is 1. The fourth-order valence-corrected chi connectivity index (χ4v) is 3.54. The van der Waals surface area contributed by atoms with Crippen LogP contribution >= 0.6 is 0 Å². The molecule has 5 heteroatoms. The maximum absolute atomic E-state index is 14.8. The summed E-state index contributed by atoms with van der Waals surface area (Å²) in [6.45, 7) is 2.02. The predicted molar refractivity (Wildman–Crippen MR) is 78.8 cm³/mol. The number of fused-ring (bicyclic) bond motifs is 1. The van der Waals surface area contributed by atoms with Gasteiger partial charge in [0.25, 0.3) is 0 Å². The Kier molecular flexibility index (Phi) is 3.55. The van der Waals surface area contributed by atoms with Gasteiger partial charge in [0.2, 0.25) is 0 Å². The highest BCUT2D eigenvalue weighted by Gasteiger charge is 2.37. The van der Waals surface area contributed by atoms with Crippen LogP contribution in [-0.2, 0) is 11.3 Å². The molecule has 1 aromatic rings. The molecule has 0 amide bonds. The van der Waals surface area contributed by atoms with E-state index in [0.717, 1.165) is 31.4 Å². The minimum Gasteiger partial charge on any atom is -0.374 e. The summed E-state index contributed by atoms with van der Waals surface area (Å²) in [6.07, 6.45) is 7.76. The molecule has 3 aliphatic rings. The molecule has 2 atom stereocenters. The quantitative estimate of drug-likeness (QED) is 0.923. The number of hydrogen-bond donors (Lipinski definition) is 1. The maximum atomic E-state index is 14.8. The van der Waals surface area contributed by atoms with Crippen molar-refractivity contribution >= 4 is 5.82 Å². The lowest BCUT2D eigenvalue weighted by Crippen LogP contribution is -2.49. The molecule has 3 fully saturated rings. The summed E-state index contributed by atoms with van der Waals surface area (Å²) >= 11 is 0. The van der Waals surface area contributed by atoms with E-state index in [0.29, 0.717) is 31.1 Å². The zero-order valence-electron chi connectivity index (χ0n) is 12.2. The van der Waals surface area contributed by atoms with Crippen molar-refractivity contribution in [3.63, 3.8) is 0 Å². The molecule has 0 radical (unpaired) electrons. The lowest BCUT2D eigenvalue weighted by molar-refractivity contribution is 0.0250. The maximum Gasteiger partial charge on any atom is 0.170 e. The fraction of sp³-hybridized carbons (Fsp3) is 0.688. The van der Waals surface area contributed by atoms with Gasteiger partial charge in [-0.25, -0.2) is 9.37 Å². The van der Waals surface area contributed by atoms with E-state index in [1.54, 1.807) is 12.3 Å². The van der Waals surface area contributed by atoms with E-state index in [-0.39, 0.29) is 11.9 Å². The van der Waals surface area contributed by atoms with E-state index < -0.39 is 0 Å². The molecular formula is C16H22FN3O. The van der Waals surface area contributed by atoms with Crippen molar-refractivity contribution in [2.45, 2.75) is 56.8 Å². The van der Waals surface area contributed by atoms with Gasteiger partial charge < -0.3 is 15.0 Å². The van der Waals surface area contributed by atoms with Crippen molar-refractivity contribution in [1.29, 1.82) is 0 Å². The average molecular weight is 291 g/mol. The van der Waals surface area contributed by atoms with Gasteiger partial charge in [-0.05, 0) is 38.2 Å². The van der Waals surface area contributed by atoms with E-state index in [1.165, 1.54) is 12.8 Å². The fourth-order valence-electron chi connectivity index (χ4n) is 3.54. The molecule has 0 bridgehead atoms. The molecule has 2 heterocycles. The second-order valence-electron chi connectivity index (χ2n) is 6.36.